The average Bonchev–Trinajstić information content (AvgIpc) is 2.46. The maximum Gasteiger partial charge on any atom is 0.223 e. The fourth-order valence-electron chi connectivity index (χ4n) is 2.33. The maximum atomic E-state index is 11.8. The molecule has 1 unspecified atom stereocenters. The number of amides is 1. The molecule has 1 atom stereocenters. The summed E-state index contributed by atoms with van der Waals surface area (Å²) in [5.41, 5.74) is 0. The Bertz CT molecular complexity index is 183. The van der Waals surface area contributed by atoms with Crippen LogP contribution in [0.3, 0.4) is 0 Å². The van der Waals surface area contributed by atoms with Crippen molar-refractivity contribution in [1.82, 2.24) is 5.32 Å². The lowest BCUT2D eigenvalue weighted by atomic mass is 10.0. The highest BCUT2D eigenvalue weighted by atomic mass is 16.1. The van der Waals surface area contributed by atoms with Crippen LogP contribution in [0.2, 0.25) is 0 Å². The van der Waals surface area contributed by atoms with Gasteiger partial charge in [-0.15, -0.1) is 0 Å². The van der Waals surface area contributed by atoms with Crippen molar-refractivity contribution in [1.29, 1.82) is 0 Å². The third-order valence-corrected chi connectivity index (χ3v) is 3.37. The largest absolute Gasteiger partial charge is 0.353 e. The molecule has 0 aromatic rings. The van der Waals surface area contributed by atoms with Crippen LogP contribution in [0.1, 0.15) is 65.2 Å². The molecular weight excluding hydrogens is 186 g/mol. The van der Waals surface area contributed by atoms with Gasteiger partial charge in [-0.2, -0.15) is 0 Å². The van der Waals surface area contributed by atoms with E-state index in [2.05, 4.69) is 12.2 Å². The molecule has 1 aliphatic carbocycles. The zero-order valence-electron chi connectivity index (χ0n) is 10.2. The van der Waals surface area contributed by atoms with Crippen molar-refractivity contribution in [3.63, 3.8) is 0 Å². The van der Waals surface area contributed by atoms with Crippen LogP contribution in [0.5, 0.6) is 0 Å². The van der Waals surface area contributed by atoms with Crippen molar-refractivity contribution in [2.45, 2.75) is 71.3 Å². The lowest BCUT2D eigenvalue weighted by Gasteiger charge is -2.19. The van der Waals surface area contributed by atoms with E-state index >= 15 is 0 Å². The first-order chi connectivity index (χ1) is 7.24. The summed E-state index contributed by atoms with van der Waals surface area (Å²) in [6.45, 7) is 4.17. The third kappa shape index (κ3) is 4.67. The second kappa shape index (κ2) is 6.86. The number of carbonyl (C=O) groups is 1. The highest BCUT2D eigenvalue weighted by Crippen LogP contribution is 2.18. The third-order valence-electron chi connectivity index (χ3n) is 3.37. The highest BCUT2D eigenvalue weighted by Gasteiger charge is 2.17. The fourth-order valence-corrected chi connectivity index (χ4v) is 2.33. The predicted molar refractivity (Wildman–Crippen MR) is 63.7 cm³/mol. The van der Waals surface area contributed by atoms with Gasteiger partial charge in [0.15, 0.2) is 0 Å². The zero-order valence-corrected chi connectivity index (χ0v) is 10.2. The van der Waals surface area contributed by atoms with Gasteiger partial charge in [-0.05, 0) is 19.3 Å². The normalized spacial score (nSPS) is 20.7. The number of hydrogen-bond donors (Lipinski definition) is 1. The Morgan fingerprint density at radius 1 is 1.27 bits per heavy atom. The first kappa shape index (κ1) is 12.5. The van der Waals surface area contributed by atoms with Gasteiger partial charge < -0.3 is 5.32 Å². The van der Waals surface area contributed by atoms with Crippen LogP contribution in [0.25, 0.3) is 0 Å². The lowest BCUT2D eigenvalue weighted by Crippen LogP contribution is -2.37. The molecular formula is C13H25NO. The molecule has 2 nitrogen and oxygen atoms in total. The first-order valence-electron chi connectivity index (χ1n) is 6.54. The Morgan fingerprint density at radius 2 is 1.87 bits per heavy atom. The van der Waals surface area contributed by atoms with Gasteiger partial charge in [-0.3, -0.25) is 4.79 Å². The van der Waals surface area contributed by atoms with Gasteiger partial charge in [0.1, 0.15) is 0 Å². The average molecular weight is 211 g/mol. The summed E-state index contributed by atoms with van der Waals surface area (Å²) >= 11 is 0. The van der Waals surface area contributed by atoms with E-state index in [0.717, 1.165) is 12.8 Å². The summed E-state index contributed by atoms with van der Waals surface area (Å²) < 4.78 is 0. The van der Waals surface area contributed by atoms with E-state index in [1.54, 1.807) is 0 Å². The van der Waals surface area contributed by atoms with Crippen LogP contribution < -0.4 is 5.32 Å². The van der Waals surface area contributed by atoms with Crippen LogP contribution in [0, 0.1) is 5.92 Å². The van der Waals surface area contributed by atoms with E-state index in [1.165, 1.54) is 38.5 Å². The van der Waals surface area contributed by atoms with E-state index in [4.69, 9.17) is 0 Å². The van der Waals surface area contributed by atoms with Gasteiger partial charge >= 0.3 is 0 Å². The van der Waals surface area contributed by atoms with Crippen molar-refractivity contribution < 1.29 is 4.79 Å². The van der Waals surface area contributed by atoms with Crippen LogP contribution >= 0.6 is 0 Å². The van der Waals surface area contributed by atoms with Crippen molar-refractivity contribution in [2.24, 2.45) is 5.92 Å². The second-order valence-electron chi connectivity index (χ2n) is 4.89. The molecule has 0 radical (unpaired) electrons. The monoisotopic (exact) mass is 211 g/mol. The van der Waals surface area contributed by atoms with Crippen LogP contribution in [-0.4, -0.2) is 11.9 Å². The molecule has 88 valence electrons. The van der Waals surface area contributed by atoms with Gasteiger partial charge in [-0.25, -0.2) is 0 Å². The van der Waals surface area contributed by atoms with E-state index in [9.17, 15) is 4.79 Å². The highest BCUT2D eigenvalue weighted by molar-refractivity contribution is 5.78. The molecule has 1 amide bonds. The first-order valence-corrected chi connectivity index (χ1v) is 6.54. The van der Waals surface area contributed by atoms with E-state index in [-0.39, 0.29) is 11.8 Å². The molecule has 2 heteroatoms. The van der Waals surface area contributed by atoms with Gasteiger partial charge in [-0.1, -0.05) is 46.0 Å². The Morgan fingerprint density at radius 3 is 2.40 bits per heavy atom. The summed E-state index contributed by atoms with van der Waals surface area (Å²) in [6, 6.07) is 0.458. The smallest absolute Gasteiger partial charge is 0.223 e. The maximum absolute atomic E-state index is 11.8. The predicted octanol–water partition coefficient (Wildman–Crippen LogP) is 3.26. The van der Waals surface area contributed by atoms with E-state index in [0.29, 0.717) is 6.04 Å². The molecule has 0 aromatic carbocycles. The van der Waals surface area contributed by atoms with E-state index in [1.807, 2.05) is 6.92 Å². The van der Waals surface area contributed by atoms with Crippen molar-refractivity contribution in [3.8, 4) is 0 Å². The van der Waals surface area contributed by atoms with Crippen LogP contribution in [-0.2, 0) is 4.79 Å². The molecule has 0 aromatic heterocycles. The fraction of sp³-hybridized carbons (Fsp3) is 0.923. The van der Waals surface area contributed by atoms with Crippen molar-refractivity contribution >= 4 is 5.91 Å². The molecule has 15 heavy (non-hydrogen) atoms. The molecule has 0 aliphatic heterocycles. The quantitative estimate of drug-likeness (QED) is 0.710. The SMILES string of the molecule is CCCC(C)C(=O)NC1CCCCCC1. The molecule has 1 fully saturated rings. The Balaban J connectivity index is 2.28. The molecule has 1 N–H and O–H groups in total. The Hall–Kier alpha value is -0.530. The van der Waals surface area contributed by atoms with Gasteiger partial charge in [0, 0.05) is 12.0 Å². The molecule has 1 rings (SSSR count). The van der Waals surface area contributed by atoms with Crippen LogP contribution in [0.4, 0.5) is 0 Å². The Labute approximate surface area is 93.8 Å². The summed E-state index contributed by atoms with van der Waals surface area (Å²) in [4.78, 5) is 11.8. The lowest BCUT2D eigenvalue weighted by molar-refractivity contribution is -0.125. The van der Waals surface area contributed by atoms with Gasteiger partial charge in [0.05, 0.1) is 0 Å². The summed E-state index contributed by atoms with van der Waals surface area (Å²) in [6.07, 6.45) is 9.74. The standard InChI is InChI=1S/C13H25NO/c1-3-8-11(2)13(15)14-12-9-6-4-5-7-10-12/h11-12H,3-10H2,1-2H3,(H,14,15). The van der Waals surface area contributed by atoms with Crippen LogP contribution in [0.15, 0.2) is 0 Å². The molecule has 1 aliphatic rings. The molecule has 0 spiro atoms. The van der Waals surface area contributed by atoms with Gasteiger partial charge in [0.25, 0.3) is 0 Å². The summed E-state index contributed by atoms with van der Waals surface area (Å²) in [5.74, 6) is 0.460. The van der Waals surface area contributed by atoms with Gasteiger partial charge in [0.2, 0.25) is 5.91 Å². The van der Waals surface area contributed by atoms with E-state index < -0.39 is 0 Å². The molecule has 1 saturated carbocycles. The minimum atomic E-state index is 0.193. The second-order valence-corrected chi connectivity index (χ2v) is 4.89. The van der Waals surface area contributed by atoms with Crippen molar-refractivity contribution in [3.05, 3.63) is 0 Å². The number of nitrogens with one attached hydrogen (secondary N) is 1. The number of hydrogen-bond acceptors (Lipinski definition) is 1. The zero-order chi connectivity index (χ0) is 11.1. The molecule has 0 saturated heterocycles. The topological polar surface area (TPSA) is 29.1 Å². The minimum Gasteiger partial charge on any atom is -0.353 e. The summed E-state index contributed by atoms with van der Waals surface area (Å²) in [7, 11) is 0. The van der Waals surface area contributed by atoms with Crippen molar-refractivity contribution in [2.75, 3.05) is 0 Å². The molecule has 0 bridgehead atoms. The number of rotatable bonds is 4. The number of carbonyl (C=O) groups excluding carboxylic acids is 1. The Kier molecular flexibility index (Phi) is 5.74. The molecule has 0 heterocycles. The minimum absolute atomic E-state index is 0.193. The summed E-state index contributed by atoms with van der Waals surface area (Å²) in [5, 5.41) is 3.20.